The molecule has 0 saturated heterocycles. The Morgan fingerprint density at radius 3 is 2.48 bits per heavy atom. The van der Waals surface area contributed by atoms with E-state index in [0.717, 1.165) is 35.3 Å². The van der Waals surface area contributed by atoms with E-state index in [1.54, 1.807) is 19.1 Å². The molecular weight excluding hydrogens is 414 g/mol. The van der Waals surface area contributed by atoms with Gasteiger partial charge in [0, 0.05) is 4.88 Å². The number of hydrogen-bond acceptors (Lipinski definition) is 6. The van der Waals surface area contributed by atoms with E-state index < -0.39 is 24.5 Å². The van der Waals surface area contributed by atoms with Crippen molar-refractivity contribution in [3.8, 4) is 0 Å². The third kappa shape index (κ3) is 5.53. The van der Waals surface area contributed by atoms with Crippen LogP contribution in [0.1, 0.15) is 76.8 Å². The van der Waals surface area contributed by atoms with Crippen molar-refractivity contribution in [2.75, 3.05) is 18.5 Å². The zero-order valence-electron chi connectivity index (χ0n) is 18.4. The van der Waals surface area contributed by atoms with E-state index in [9.17, 15) is 14.4 Å². The molecule has 1 unspecified atom stereocenters. The van der Waals surface area contributed by atoms with Crippen molar-refractivity contribution in [3.05, 3.63) is 51.4 Å². The number of hydrogen-bond donors (Lipinski definition) is 1. The number of fused-ring (bicyclic) bond motifs is 1. The highest BCUT2D eigenvalue weighted by Gasteiger charge is 2.29. The summed E-state index contributed by atoms with van der Waals surface area (Å²) in [5.41, 5.74) is 2.93. The summed E-state index contributed by atoms with van der Waals surface area (Å²) >= 11 is 1.41. The summed E-state index contributed by atoms with van der Waals surface area (Å²) in [4.78, 5) is 38.4. The summed E-state index contributed by atoms with van der Waals surface area (Å²) in [5.74, 6) is -0.566. The topological polar surface area (TPSA) is 81.7 Å². The highest BCUT2D eigenvalue weighted by Crippen LogP contribution is 2.40. The Bertz CT molecular complexity index is 961. The lowest BCUT2D eigenvalue weighted by molar-refractivity contribution is -0.119. The molecule has 0 spiro atoms. The molecule has 0 bridgehead atoms. The standard InChI is InChI=1S/C24H29NO5S/c1-5-29-24(28)21-18-11-6-15(4)12-19(18)31-22(21)25-20(26)13-30-23(27)17-9-7-16(8-10-17)14(2)3/h7-10,14-15H,5-6,11-13H2,1-4H3,(H,25,26). The number of anilines is 1. The first kappa shape index (κ1) is 23.0. The van der Waals surface area contributed by atoms with Crippen LogP contribution in [0.5, 0.6) is 0 Å². The number of carbonyl (C=O) groups is 3. The van der Waals surface area contributed by atoms with E-state index in [1.807, 2.05) is 12.1 Å². The minimum absolute atomic E-state index is 0.264. The van der Waals surface area contributed by atoms with Gasteiger partial charge in [-0.1, -0.05) is 32.9 Å². The highest BCUT2D eigenvalue weighted by atomic mass is 32.1. The molecule has 0 saturated carbocycles. The van der Waals surface area contributed by atoms with Gasteiger partial charge in [-0.3, -0.25) is 4.79 Å². The second kappa shape index (κ2) is 10.1. The molecule has 0 fully saturated rings. The average Bonchev–Trinajstić information content (AvgIpc) is 3.08. The zero-order valence-corrected chi connectivity index (χ0v) is 19.3. The molecule has 1 aromatic carbocycles. The smallest absolute Gasteiger partial charge is 0.341 e. The van der Waals surface area contributed by atoms with Crippen LogP contribution in [0.2, 0.25) is 0 Å². The lowest BCUT2D eigenvalue weighted by atomic mass is 9.88. The van der Waals surface area contributed by atoms with E-state index in [1.165, 1.54) is 11.3 Å². The normalized spacial score (nSPS) is 15.3. The first-order chi connectivity index (χ1) is 14.8. The van der Waals surface area contributed by atoms with E-state index in [2.05, 4.69) is 26.1 Å². The van der Waals surface area contributed by atoms with Gasteiger partial charge < -0.3 is 14.8 Å². The largest absolute Gasteiger partial charge is 0.462 e. The molecule has 0 aliphatic heterocycles. The highest BCUT2D eigenvalue weighted by molar-refractivity contribution is 7.17. The number of nitrogens with one attached hydrogen (secondary N) is 1. The van der Waals surface area contributed by atoms with Crippen molar-refractivity contribution < 1.29 is 23.9 Å². The van der Waals surface area contributed by atoms with Crippen LogP contribution in [-0.4, -0.2) is 31.1 Å². The van der Waals surface area contributed by atoms with E-state index in [0.29, 0.717) is 28.0 Å². The molecule has 1 amide bonds. The Morgan fingerprint density at radius 1 is 1.13 bits per heavy atom. The van der Waals surface area contributed by atoms with Crippen LogP contribution in [0.15, 0.2) is 24.3 Å². The van der Waals surface area contributed by atoms with Gasteiger partial charge in [-0.2, -0.15) is 0 Å². The number of thiophene rings is 1. The van der Waals surface area contributed by atoms with Gasteiger partial charge in [-0.05, 0) is 61.3 Å². The van der Waals surface area contributed by atoms with E-state index >= 15 is 0 Å². The second-order valence-corrected chi connectivity index (χ2v) is 9.28. The summed E-state index contributed by atoms with van der Waals surface area (Å²) in [7, 11) is 0. The van der Waals surface area contributed by atoms with Crippen LogP contribution in [0.4, 0.5) is 5.00 Å². The fourth-order valence-corrected chi connectivity index (χ4v) is 5.05. The molecule has 1 heterocycles. The lowest BCUT2D eigenvalue weighted by Crippen LogP contribution is -2.22. The predicted molar refractivity (Wildman–Crippen MR) is 121 cm³/mol. The summed E-state index contributed by atoms with van der Waals surface area (Å²) in [5, 5.41) is 3.23. The number of ether oxygens (including phenoxy) is 2. The third-order valence-corrected chi connectivity index (χ3v) is 6.56. The summed E-state index contributed by atoms with van der Waals surface area (Å²) in [6.45, 7) is 7.92. The van der Waals surface area contributed by atoms with Crippen LogP contribution < -0.4 is 5.32 Å². The molecule has 166 valence electrons. The van der Waals surface area contributed by atoms with Crippen LogP contribution in [0, 0.1) is 5.92 Å². The Labute approximate surface area is 186 Å². The van der Waals surface area contributed by atoms with Crippen molar-refractivity contribution in [1.82, 2.24) is 0 Å². The first-order valence-corrected chi connectivity index (χ1v) is 11.5. The number of carbonyl (C=O) groups excluding carboxylic acids is 3. The van der Waals surface area contributed by atoms with E-state index in [4.69, 9.17) is 9.47 Å². The number of amides is 1. The van der Waals surface area contributed by atoms with Gasteiger partial charge in [0.15, 0.2) is 6.61 Å². The van der Waals surface area contributed by atoms with Crippen LogP contribution in [0.3, 0.4) is 0 Å². The molecule has 1 atom stereocenters. The van der Waals surface area contributed by atoms with Gasteiger partial charge in [0.1, 0.15) is 5.00 Å². The molecule has 1 aliphatic rings. The summed E-state index contributed by atoms with van der Waals surface area (Å²) in [6.07, 6.45) is 2.67. The Kier molecular flexibility index (Phi) is 7.49. The molecular formula is C24H29NO5S. The van der Waals surface area contributed by atoms with Gasteiger partial charge in [0.05, 0.1) is 17.7 Å². The summed E-state index contributed by atoms with van der Waals surface area (Å²) < 4.78 is 10.4. The van der Waals surface area contributed by atoms with E-state index in [-0.39, 0.29) is 6.61 Å². The molecule has 0 radical (unpaired) electrons. The minimum Gasteiger partial charge on any atom is -0.462 e. The monoisotopic (exact) mass is 443 g/mol. The molecule has 31 heavy (non-hydrogen) atoms. The molecule has 1 aliphatic carbocycles. The zero-order chi connectivity index (χ0) is 22.5. The van der Waals surface area contributed by atoms with Crippen molar-refractivity contribution in [3.63, 3.8) is 0 Å². The van der Waals surface area contributed by atoms with Crippen molar-refractivity contribution in [2.24, 2.45) is 5.92 Å². The summed E-state index contributed by atoms with van der Waals surface area (Å²) in [6, 6.07) is 7.15. The molecule has 2 aromatic rings. The maximum atomic E-state index is 12.5. The Morgan fingerprint density at radius 2 is 1.84 bits per heavy atom. The maximum Gasteiger partial charge on any atom is 0.341 e. The number of esters is 2. The Hall–Kier alpha value is -2.67. The van der Waals surface area contributed by atoms with Crippen LogP contribution >= 0.6 is 11.3 Å². The fourth-order valence-electron chi connectivity index (χ4n) is 3.64. The van der Waals surface area contributed by atoms with Gasteiger partial charge in [-0.25, -0.2) is 9.59 Å². The van der Waals surface area contributed by atoms with Crippen LogP contribution in [0.25, 0.3) is 0 Å². The Balaban J connectivity index is 1.67. The SMILES string of the molecule is CCOC(=O)c1c(NC(=O)COC(=O)c2ccc(C(C)C)cc2)sc2c1CCC(C)C2. The quantitative estimate of drug-likeness (QED) is 0.611. The molecule has 3 rings (SSSR count). The number of rotatable bonds is 7. The minimum atomic E-state index is -0.560. The van der Waals surface area contributed by atoms with Gasteiger partial charge in [0.25, 0.3) is 5.91 Å². The van der Waals surface area contributed by atoms with Crippen LogP contribution in [-0.2, 0) is 27.1 Å². The first-order valence-electron chi connectivity index (χ1n) is 10.7. The van der Waals surface area contributed by atoms with Gasteiger partial charge in [-0.15, -0.1) is 11.3 Å². The van der Waals surface area contributed by atoms with Gasteiger partial charge >= 0.3 is 11.9 Å². The predicted octanol–water partition coefficient (Wildman–Crippen LogP) is 4.97. The van der Waals surface area contributed by atoms with Crippen molar-refractivity contribution in [2.45, 2.75) is 52.9 Å². The molecule has 7 heteroatoms. The average molecular weight is 444 g/mol. The maximum absolute atomic E-state index is 12.5. The number of benzene rings is 1. The lowest BCUT2D eigenvalue weighted by Gasteiger charge is -2.18. The molecule has 1 N–H and O–H groups in total. The van der Waals surface area contributed by atoms with Crippen molar-refractivity contribution >= 4 is 34.2 Å². The fraction of sp³-hybridized carbons (Fsp3) is 0.458. The third-order valence-electron chi connectivity index (χ3n) is 5.39. The molecule has 1 aromatic heterocycles. The van der Waals surface area contributed by atoms with Crippen molar-refractivity contribution in [1.29, 1.82) is 0 Å². The van der Waals surface area contributed by atoms with Gasteiger partial charge in [0.2, 0.25) is 0 Å². The molecule has 6 nitrogen and oxygen atoms in total. The second-order valence-electron chi connectivity index (χ2n) is 8.18.